The summed E-state index contributed by atoms with van der Waals surface area (Å²) >= 11 is 6.60. The quantitative estimate of drug-likeness (QED) is 0.835. The van der Waals surface area contributed by atoms with Crippen LogP contribution in [0.4, 0.5) is 0 Å². The first-order valence-corrected chi connectivity index (χ1v) is 6.04. The van der Waals surface area contributed by atoms with Crippen LogP contribution in [0.1, 0.15) is 0 Å². The van der Waals surface area contributed by atoms with Gasteiger partial charge in [0.15, 0.2) is 0 Å². The van der Waals surface area contributed by atoms with E-state index < -0.39 is 0 Å². The van der Waals surface area contributed by atoms with Gasteiger partial charge in [-0.3, -0.25) is 0 Å². The first kappa shape index (κ1) is 9.18. The molecule has 0 saturated carbocycles. The number of thiazole rings is 1. The van der Waals surface area contributed by atoms with Gasteiger partial charge in [0.05, 0.1) is 21.5 Å². The first-order chi connectivity index (χ1) is 6.29. The number of hydrogen-bond donors (Lipinski definition) is 0. The Hall–Kier alpha value is -0.390. The lowest BCUT2D eigenvalue weighted by Gasteiger charge is -1.88. The fraction of sp³-hybridized carbons (Fsp3) is 0.125. The van der Waals surface area contributed by atoms with E-state index in [0.29, 0.717) is 5.19 Å². The third-order valence-corrected chi connectivity index (χ3v) is 3.93. The molecular weight excluding hydrogens is 270 g/mol. The van der Waals surface area contributed by atoms with Gasteiger partial charge < -0.3 is 4.74 Å². The second-order valence-electron chi connectivity index (χ2n) is 2.31. The maximum absolute atomic E-state index is 5.02. The van der Waals surface area contributed by atoms with E-state index in [1.54, 1.807) is 18.4 Å². The van der Waals surface area contributed by atoms with Crippen LogP contribution in [0, 0.1) is 0 Å². The normalized spacial score (nSPS) is 10.3. The molecule has 0 radical (unpaired) electrons. The monoisotopic (exact) mass is 275 g/mol. The molecule has 0 aliphatic rings. The number of ether oxygens (including phenoxy) is 1. The van der Waals surface area contributed by atoms with Crippen LogP contribution in [0.2, 0.25) is 0 Å². The van der Waals surface area contributed by atoms with E-state index in [9.17, 15) is 0 Å². The van der Waals surface area contributed by atoms with E-state index in [1.165, 1.54) is 11.3 Å². The Bertz CT molecular complexity index is 410. The summed E-state index contributed by atoms with van der Waals surface area (Å²) in [5, 5.41) is 2.71. The molecule has 0 bridgehead atoms. The molecule has 13 heavy (non-hydrogen) atoms. The molecule has 0 aliphatic heterocycles. The molecule has 2 aromatic rings. The van der Waals surface area contributed by atoms with Crippen LogP contribution in [-0.2, 0) is 0 Å². The lowest BCUT2D eigenvalue weighted by molar-refractivity contribution is 0.412. The summed E-state index contributed by atoms with van der Waals surface area (Å²) in [6.07, 6.45) is 0. The minimum absolute atomic E-state index is 0.708. The molecule has 2 rings (SSSR count). The zero-order chi connectivity index (χ0) is 9.26. The third kappa shape index (κ3) is 1.92. The summed E-state index contributed by atoms with van der Waals surface area (Å²) in [6, 6.07) is 4.06. The van der Waals surface area contributed by atoms with Gasteiger partial charge in [-0.15, -0.1) is 11.3 Å². The van der Waals surface area contributed by atoms with Crippen LogP contribution in [0.15, 0.2) is 21.3 Å². The summed E-state index contributed by atoms with van der Waals surface area (Å²) in [7, 11) is 1.63. The zero-order valence-corrected chi connectivity index (χ0v) is 10.0. The van der Waals surface area contributed by atoms with Crippen molar-refractivity contribution in [1.29, 1.82) is 0 Å². The van der Waals surface area contributed by atoms with Crippen LogP contribution in [0.25, 0.3) is 10.6 Å². The van der Waals surface area contributed by atoms with Gasteiger partial charge in [0.1, 0.15) is 0 Å². The highest BCUT2D eigenvalue weighted by Gasteiger charge is 2.06. The predicted molar refractivity (Wildman–Crippen MR) is 59.7 cm³/mol. The average Bonchev–Trinajstić information content (AvgIpc) is 2.71. The van der Waals surface area contributed by atoms with Crippen molar-refractivity contribution in [2.24, 2.45) is 0 Å². The van der Waals surface area contributed by atoms with Gasteiger partial charge in [0, 0.05) is 5.38 Å². The molecule has 0 aromatic carbocycles. The Balaban J connectivity index is 2.35. The molecule has 0 fully saturated rings. The largest absolute Gasteiger partial charge is 0.473 e. The number of rotatable bonds is 2. The van der Waals surface area contributed by atoms with Gasteiger partial charge in [-0.05, 0) is 28.1 Å². The summed E-state index contributed by atoms with van der Waals surface area (Å²) in [5.74, 6) is 0. The molecule has 0 aliphatic carbocycles. The number of halogens is 1. The second-order valence-corrected chi connectivity index (χ2v) is 5.59. The lowest BCUT2D eigenvalue weighted by atomic mass is 10.4. The van der Waals surface area contributed by atoms with Crippen LogP contribution < -0.4 is 4.74 Å². The Morgan fingerprint density at radius 2 is 2.31 bits per heavy atom. The molecule has 5 heteroatoms. The number of hydrogen-bond acceptors (Lipinski definition) is 4. The van der Waals surface area contributed by atoms with E-state index in [0.717, 1.165) is 14.4 Å². The molecule has 2 nitrogen and oxygen atoms in total. The molecule has 0 atom stereocenters. The van der Waals surface area contributed by atoms with Crippen molar-refractivity contribution < 1.29 is 4.74 Å². The molecule has 2 heterocycles. The van der Waals surface area contributed by atoms with Gasteiger partial charge >= 0.3 is 0 Å². The topological polar surface area (TPSA) is 22.1 Å². The van der Waals surface area contributed by atoms with Crippen molar-refractivity contribution in [1.82, 2.24) is 4.98 Å². The maximum Gasteiger partial charge on any atom is 0.273 e. The smallest absolute Gasteiger partial charge is 0.273 e. The standard InChI is InChI=1S/C8H6BrNOS2/c1-11-8-10-5(4-12-8)6-2-3-7(9)13-6/h2-4H,1H3. The lowest BCUT2D eigenvalue weighted by Crippen LogP contribution is -1.79. The van der Waals surface area contributed by atoms with Crippen molar-refractivity contribution in [3.63, 3.8) is 0 Å². The first-order valence-electron chi connectivity index (χ1n) is 3.55. The number of aromatic nitrogens is 1. The summed E-state index contributed by atoms with van der Waals surface area (Å²) in [6.45, 7) is 0. The van der Waals surface area contributed by atoms with E-state index in [4.69, 9.17) is 4.74 Å². The minimum atomic E-state index is 0.708. The van der Waals surface area contributed by atoms with Gasteiger partial charge in [-0.25, -0.2) is 4.98 Å². The summed E-state index contributed by atoms with van der Waals surface area (Å²) < 4.78 is 6.14. The van der Waals surface area contributed by atoms with Gasteiger partial charge in [-0.1, -0.05) is 11.3 Å². The predicted octanol–water partition coefficient (Wildman–Crippen LogP) is 3.64. The maximum atomic E-state index is 5.02. The molecule has 0 N–H and O–H groups in total. The molecule has 68 valence electrons. The highest BCUT2D eigenvalue weighted by molar-refractivity contribution is 9.11. The van der Waals surface area contributed by atoms with Gasteiger partial charge in [0.25, 0.3) is 5.19 Å². The molecular formula is C8H6BrNOS2. The van der Waals surface area contributed by atoms with Crippen LogP contribution in [0.3, 0.4) is 0 Å². The van der Waals surface area contributed by atoms with Crippen LogP contribution in [0.5, 0.6) is 5.19 Å². The Morgan fingerprint density at radius 1 is 1.46 bits per heavy atom. The van der Waals surface area contributed by atoms with Crippen molar-refractivity contribution >= 4 is 38.6 Å². The zero-order valence-electron chi connectivity index (χ0n) is 6.78. The second kappa shape index (κ2) is 3.77. The molecule has 2 aromatic heterocycles. The van der Waals surface area contributed by atoms with E-state index >= 15 is 0 Å². The molecule has 0 amide bonds. The average molecular weight is 276 g/mol. The van der Waals surface area contributed by atoms with E-state index in [1.807, 2.05) is 17.5 Å². The minimum Gasteiger partial charge on any atom is -0.473 e. The number of thiophene rings is 1. The molecule has 0 saturated heterocycles. The Labute approximate surface area is 92.3 Å². The van der Waals surface area contributed by atoms with Crippen LogP contribution in [-0.4, -0.2) is 12.1 Å². The number of nitrogens with zero attached hydrogens (tertiary/aromatic N) is 1. The van der Waals surface area contributed by atoms with Crippen molar-refractivity contribution in [2.45, 2.75) is 0 Å². The summed E-state index contributed by atoms with van der Waals surface area (Å²) in [4.78, 5) is 5.46. The summed E-state index contributed by atoms with van der Waals surface area (Å²) in [5.41, 5.74) is 0.984. The van der Waals surface area contributed by atoms with E-state index in [-0.39, 0.29) is 0 Å². The van der Waals surface area contributed by atoms with Crippen molar-refractivity contribution in [3.05, 3.63) is 21.3 Å². The van der Waals surface area contributed by atoms with E-state index in [2.05, 4.69) is 20.9 Å². The van der Waals surface area contributed by atoms with Gasteiger partial charge in [0.2, 0.25) is 0 Å². The highest BCUT2D eigenvalue weighted by Crippen LogP contribution is 2.33. The number of methoxy groups -OCH3 is 1. The Kier molecular flexibility index (Phi) is 2.66. The fourth-order valence-electron chi connectivity index (χ4n) is 0.916. The molecule has 0 unspecified atom stereocenters. The Morgan fingerprint density at radius 3 is 2.85 bits per heavy atom. The van der Waals surface area contributed by atoms with Crippen LogP contribution >= 0.6 is 38.6 Å². The molecule has 0 spiro atoms. The van der Waals surface area contributed by atoms with Gasteiger partial charge in [-0.2, -0.15) is 0 Å². The third-order valence-electron chi connectivity index (χ3n) is 1.48. The SMILES string of the molecule is COc1nc(-c2ccc(Br)s2)cs1. The van der Waals surface area contributed by atoms with Crippen molar-refractivity contribution in [3.8, 4) is 15.8 Å². The highest BCUT2D eigenvalue weighted by atomic mass is 79.9. The fourth-order valence-corrected chi connectivity index (χ4v) is 2.98. The van der Waals surface area contributed by atoms with Crippen molar-refractivity contribution in [2.75, 3.05) is 7.11 Å².